The van der Waals surface area contributed by atoms with Crippen LogP contribution in [0.2, 0.25) is 0 Å². The Balaban J connectivity index is 1.34. The molecule has 0 radical (unpaired) electrons. The predicted octanol–water partition coefficient (Wildman–Crippen LogP) is 3.31. The van der Waals surface area contributed by atoms with Crippen LogP contribution in [0.25, 0.3) is 11.3 Å². The van der Waals surface area contributed by atoms with E-state index in [1.165, 1.54) is 11.3 Å². The average molecular weight is 425 g/mol. The number of nitrogens with one attached hydrogen (secondary N) is 2. The first-order valence-electron chi connectivity index (χ1n) is 9.29. The number of hydrogen-bond donors (Lipinski definition) is 2. The summed E-state index contributed by atoms with van der Waals surface area (Å²) in [5.74, 6) is 1.09. The van der Waals surface area contributed by atoms with Gasteiger partial charge >= 0.3 is 0 Å². The Morgan fingerprint density at radius 3 is 2.87 bits per heavy atom. The second kappa shape index (κ2) is 8.83. The van der Waals surface area contributed by atoms with E-state index in [2.05, 4.69) is 15.6 Å². The lowest BCUT2D eigenvalue weighted by atomic mass is 10.1. The quantitative estimate of drug-likeness (QED) is 0.603. The highest BCUT2D eigenvalue weighted by Crippen LogP contribution is 2.36. The lowest BCUT2D eigenvalue weighted by Gasteiger charge is -2.10. The molecule has 9 heteroatoms. The largest absolute Gasteiger partial charge is 0.493 e. The number of para-hydroxylation sites is 1. The van der Waals surface area contributed by atoms with Crippen molar-refractivity contribution in [2.75, 3.05) is 25.3 Å². The monoisotopic (exact) mass is 425 g/mol. The van der Waals surface area contributed by atoms with Crippen molar-refractivity contribution in [2.45, 2.75) is 6.92 Å². The molecule has 0 atom stereocenters. The molecule has 1 aliphatic rings. The highest BCUT2D eigenvalue weighted by atomic mass is 32.1. The smallest absolute Gasteiger partial charge is 0.255 e. The molecule has 2 aromatic carbocycles. The fourth-order valence-corrected chi connectivity index (χ4v) is 3.61. The maximum Gasteiger partial charge on any atom is 0.255 e. The summed E-state index contributed by atoms with van der Waals surface area (Å²) >= 11 is 1.30. The molecule has 0 fully saturated rings. The maximum absolute atomic E-state index is 12.4. The zero-order valence-electron chi connectivity index (χ0n) is 16.1. The zero-order valence-corrected chi connectivity index (χ0v) is 17.0. The Kier molecular flexibility index (Phi) is 5.80. The van der Waals surface area contributed by atoms with Gasteiger partial charge in [0.2, 0.25) is 12.7 Å². The second-order valence-electron chi connectivity index (χ2n) is 6.27. The van der Waals surface area contributed by atoms with Crippen molar-refractivity contribution in [3.05, 3.63) is 53.4 Å². The molecule has 0 aliphatic carbocycles. The molecular formula is C21H19N3O5S. The Morgan fingerprint density at radius 1 is 1.17 bits per heavy atom. The van der Waals surface area contributed by atoms with E-state index in [-0.39, 0.29) is 25.2 Å². The number of nitrogens with zero attached hydrogens (tertiary/aromatic N) is 1. The van der Waals surface area contributed by atoms with E-state index in [1.807, 2.05) is 30.5 Å². The van der Waals surface area contributed by atoms with Gasteiger partial charge in [-0.3, -0.25) is 9.59 Å². The van der Waals surface area contributed by atoms with Crippen molar-refractivity contribution in [1.82, 2.24) is 10.3 Å². The molecule has 3 aromatic rings. The number of ether oxygens (including phenoxy) is 3. The van der Waals surface area contributed by atoms with Crippen LogP contribution in [0, 0.1) is 0 Å². The fourth-order valence-electron chi connectivity index (χ4n) is 2.87. The number of rotatable bonds is 7. The Morgan fingerprint density at radius 2 is 2.00 bits per heavy atom. The van der Waals surface area contributed by atoms with E-state index in [0.29, 0.717) is 40.2 Å². The summed E-state index contributed by atoms with van der Waals surface area (Å²) < 4.78 is 16.1. The van der Waals surface area contributed by atoms with Crippen LogP contribution < -0.4 is 24.8 Å². The normalized spacial score (nSPS) is 11.8. The molecule has 2 amide bonds. The molecule has 2 heterocycles. The lowest BCUT2D eigenvalue weighted by molar-refractivity contribution is -0.115. The number of anilines is 1. The Bertz CT molecular complexity index is 1080. The SMILES string of the molecule is CCOc1ccccc1C(=O)NCC(=O)Nc1nc(-c2ccc3c(c2)OCO3)cs1. The minimum atomic E-state index is -0.380. The van der Waals surface area contributed by atoms with Gasteiger partial charge in [-0.05, 0) is 37.3 Å². The highest BCUT2D eigenvalue weighted by Gasteiger charge is 2.16. The molecule has 0 saturated heterocycles. The van der Waals surface area contributed by atoms with E-state index in [4.69, 9.17) is 14.2 Å². The molecular weight excluding hydrogens is 406 g/mol. The highest BCUT2D eigenvalue weighted by molar-refractivity contribution is 7.14. The van der Waals surface area contributed by atoms with Gasteiger partial charge in [0.25, 0.3) is 5.91 Å². The fraction of sp³-hybridized carbons (Fsp3) is 0.190. The van der Waals surface area contributed by atoms with Crippen LogP contribution in [0.1, 0.15) is 17.3 Å². The van der Waals surface area contributed by atoms with Crippen molar-refractivity contribution in [3.8, 4) is 28.5 Å². The molecule has 30 heavy (non-hydrogen) atoms. The molecule has 1 aliphatic heterocycles. The molecule has 2 N–H and O–H groups in total. The topological polar surface area (TPSA) is 98.8 Å². The summed E-state index contributed by atoms with van der Waals surface area (Å²) in [7, 11) is 0. The van der Waals surface area contributed by atoms with Gasteiger partial charge in [0.1, 0.15) is 5.75 Å². The van der Waals surface area contributed by atoms with Crippen molar-refractivity contribution in [3.63, 3.8) is 0 Å². The minimum absolute atomic E-state index is 0.182. The van der Waals surface area contributed by atoms with Crippen LogP contribution in [0.15, 0.2) is 47.8 Å². The number of amides is 2. The second-order valence-corrected chi connectivity index (χ2v) is 7.12. The standard InChI is InChI=1S/C21H19N3O5S/c1-2-27-16-6-4-3-5-14(16)20(26)22-10-19(25)24-21-23-15(11-30-21)13-7-8-17-18(9-13)29-12-28-17/h3-9,11H,2,10,12H2,1H3,(H,22,26)(H,23,24,25). The van der Waals surface area contributed by atoms with Gasteiger partial charge in [-0.2, -0.15) is 0 Å². The van der Waals surface area contributed by atoms with Gasteiger partial charge in [0.15, 0.2) is 16.6 Å². The van der Waals surface area contributed by atoms with E-state index in [1.54, 1.807) is 24.3 Å². The summed E-state index contributed by atoms with van der Waals surface area (Å²) in [6, 6.07) is 12.4. The molecule has 0 unspecified atom stereocenters. The number of hydrogen-bond acceptors (Lipinski definition) is 7. The molecule has 0 bridgehead atoms. The van der Waals surface area contributed by atoms with Crippen LogP contribution >= 0.6 is 11.3 Å². The van der Waals surface area contributed by atoms with Crippen molar-refractivity contribution in [1.29, 1.82) is 0 Å². The predicted molar refractivity (Wildman–Crippen MR) is 112 cm³/mol. The van der Waals surface area contributed by atoms with Gasteiger partial charge in [0, 0.05) is 10.9 Å². The summed E-state index contributed by atoms with van der Waals surface area (Å²) in [4.78, 5) is 29.0. The first-order valence-corrected chi connectivity index (χ1v) is 10.2. The zero-order chi connectivity index (χ0) is 20.9. The first kappa shape index (κ1) is 19.7. The number of aromatic nitrogens is 1. The number of benzene rings is 2. The molecule has 154 valence electrons. The minimum Gasteiger partial charge on any atom is -0.493 e. The van der Waals surface area contributed by atoms with E-state index >= 15 is 0 Å². The molecule has 0 saturated carbocycles. The van der Waals surface area contributed by atoms with Gasteiger partial charge < -0.3 is 24.8 Å². The summed E-state index contributed by atoms with van der Waals surface area (Å²) in [6.45, 7) is 2.31. The van der Waals surface area contributed by atoms with Crippen LogP contribution in [-0.4, -0.2) is 36.7 Å². The van der Waals surface area contributed by atoms with Gasteiger partial charge in [-0.25, -0.2) is 4.98 Å². The number of fused-ring (bicyclic) bond motifs is 1. The van der Waals surface area contributed by atoms with E-state index in [9.17, 15) is 9.59 Å². The summed E-state index contributed by atoms with van der Waals surface area (Å²) in [5, 5.41) is 7.58. The van der Waals surface area contributed by atoms with E-state index < -0.39 is 0 Å². The van der Waals surface area contributed by atoms with Crippen LogP contribution in [0.5, 0.6) is 17.2 Å². The number of thiazole rings is 1. The maximum atomic E-state index is 12.4. The van der Waals surface area contributed by atoms with Crippen molar-refractivity contribution >= 4 is 28.3 Å². The van der Waals surface area contributed by atoms with Crippen molar-refractivity contribution in [2.24, 2.45) is 0 Å². The third kappa shape index (κ3) is 4.36. The third-order valence-corrected chi connectivity index (χ3v) is 5.02. The molecule has 1 aromatic heterocycles. The average Bonchev–Trinajstić information content (AvgIpc) is 3.41. The lowest BCUT2D eigenvalue weighted by Crippen LogP contribution is -2.33. The Labute approximate surface area is 176 Å². The van der Waals surface area contributed by atoms with Crippen LogP contribution in [-0.2, 0) is 4.79 Å². The summed E-state index contributed by atoms with van der Waals surface area (Å²) in [5.41, 5.74) is 1.95. The molecule has 8 nitrogen and oxygen atoms in total. The number of carbonyl (C=O) groups excluding carboxylic acids is 2. The molecule has 0 spiro atoms. The van der Waals surface area contributed by atoms with Crippen molar-refractivity contribution < 1.29 is 23.8 Å². The molecule has 4 rings (SSSR count). The first-order chi connectivity index (χ1) is 14.6. The summed E-state index contributed by atoms with van der Waals surface area (Å²) in [6.07, 6.45) is 0. The van der Waals surface area contributed by atoms with E-state index in [0.717, 1.165) is 5.56 Å². The third-order valence-electron chi connectivity index (χ3n) is 4.26. The Hall–Kier alpha value is -3.59. The van der Waals surface area contributed by atoms with Crippen LogP contribution in [0.3, 0.4) is 0 Å². The van der Waals surface area contributed by atoms with Gasteiger partial charge in [-0.1, -0.05) is 12.1 Å². The van der Waals surface area contributed by atoms with Gasteiger partial charge in [0.05, 0.1) is 24.4 Å². The number of carbonyl (C=O) groups is 2. The van der Waals surface area contributed by atoms with Crippen LogP contribution in [0.4, 0.5) is 5.13 Å². The van der Waals surface area contributed by atoms with Gasteiger partial charge in [-0.15, -0.1) is 11.3 Å².